The van der Waals surface area contributed by atoms with E-state index in [1.165, 1.54) is 0 Å². The third-order valence-corrected chi connectivity index (χ3v) is 3.36. The van der Waals surface area contributed by atoms with E-state index in [1.807, 2.05) is 23.1 Å². The number of benzene rings is 1. The fourth-order valence-electron chi connectivity index (χ4n) is 1.97. The van der Waals surface area contributed by atoms with E-state index in [2.05, 4.69) is 15.9 Å². The van der Waals surface area contributed by atoms with Crippen LogP contribution < -0.4 is 10.6 Å². The molecule has 4 nitrogen and oxygen atoms in total. The summed E-state index contributed by atoms with van der Waals surface area (Å²) in [5, 5.41) is 19.1. The average molecular weight is 287 g/mol. The van der Waals surface area contributed by atoms with Crippen LogP contribution >= 0.6 is 15.9 Å². The first-order valence-corrected chi connectivity index (χ1v) is 6.00. The Hall–Kier alpha value is -0.620. The van der Waals surface area contributed by atoms with E-state index in [9.17, 15) is 10.2 Å². The standard InChI is InChI=1S/C11H15BrN2O2/c12-8-2-1-7(4-13)9(3-8)14-5-10(15)11(16)6-14/h1-3,10-11,15-16H,4-6,13H2. The van der Waals surface area contributed by atoms with Crippen molar-refractivity contribution in [2.45, 2.75) is 18.8 Å². The van der Waals surface area contributed by atoms with Gasteiger partial charge in [0.15, 0.2) is 0 Å². The molecule has 88 valence electrons. The van der Waals surface area contributed by atoms with Gasteiger partial charge in [0, 0.05) is 29.8 Å². The van der Waals surface area contributed by atoms with Crippen LogP contribution in [0.25, 0.3) is 0 Å². The van der Waals surface area contributed by atoms with Crippen LogP contribution in [-0.4, -0.2) is 35.5 Å². The van der Waals surface area contributed by atoms with Gasteiger partial charge in [0.1, 0.15) is 0 Å². The number of aliphatic hydroxyl groups is 2. The first-order chi connectivity index (χ1) is 7.61. The van der Waals surface area contributed by atoms with E-state index in [0.717, 1.165) is 15.7 Å². The normalized spacial score (nSPS) is 25.1. The number of hydrogen-bond donors (Lipinski definition) is 3. The first kappa shape index (κ1) is 11.9. The van der Waals surface area contributed by atoms with Crippen LogP contribution in [0.3, 0.4) is 0 Å². The maximum atomic E-state index is 9.53. The van der Waals surface area contributed by atoms with Crippen LogP contribution in [0.1, 0.15) is 5.56 Å². The van der Waals surface area contributed by atoms with Crippen molar-refractivity contribution in [3.8, 4) is 0 Å². The minimum absolute atomic E-state index is 0.449. The molecule has 2 atom stereocenters. The molecule has 2 rings (SSSR count). The molecule has 16 heavy (non-hydrogen) atoms. The topological polar surface area (TPSA) is 69.7 Å². The molecule has 1 saturated heterocycles. The lowest BCUT2D eigenvalue weighted by Crippen LogP contribution is -2.23. The van der Waals surface area contributed by atoms with Gasteiger partial charge in [-0.25, -0.2) is 0 Å². The predicted molar refractivity (Wildman–Crippen MR) is 66.3 cm³/mol. The van der Waals surface area contributed by atoms with Crippen LogP contribution in [0.5, 0.6) is 0 Å². The van der Waals surface area contributed by atoms with Gasteiger partial charge in [-0.3, -0.25) is 0 Å². The van der Waals surface area contributed by atoms with Crippen LogP contribution in [0.2, 0.25) is 0 Å². The molecule has 4 N–H and O–H groups in total. The van der Waals surface area contributed by atoms with Gasteiger partial charge in [0.05, 0.1) is 12.2 Å². The number of nitrogens with zero attached hydrogens (tertiary/aromatic N) is 1. The van der Waals surface area contributed by atoms with Gasteiger partial charge in [-0.1, -0.05) is 22.0 Å². The van der Waals surface area contributed by atoms with Gasteiger partial charge < -0.3 is 20.8 Å². The molecule has 0 spiro atoms. The van der Waals surface area contributed by atoms with Crippen molar-refractivity contribution in [2.75, 3.05) is 18.0 Å². The lowest BCUT2D eigenvalue weighted by molar-refractivity contribution is 0.0572. The number of aliphatic hydroxyl groups excluding tert-OH is 2. The van der Waals surface area contributed by atoms with Crippen LogP contribution in [-0.2, 0) is 6.54 Å². The maximum Gasteiger partial charge on any atom is 0.0990 e. The summed E-state index contributed by atoms with van der Waals surface area (Å²) in [5.41, 5.74) is 7.67. The Morgan fingerprint density at radius 1 is 1.31 bits per heavy atom. The van der Waals surface area contributed by atoms with E-state index in [4.69, 9.17) is 5.73 Å². The molecule has 1 aliphatic heterocycles. The molecule has 0 aliphatic carbocycles. The average Bonchev–Trinajstić information content (AvgIpc) is 2.59. The summed E-state index contributed by atoms with van der Waals surface area (Å²) in [6, 6.07) is 5.86. The van der Waals surface area contributed by atoms with Crippen molar-refractivity contribution in [1.29, 1.82) is 0 Å². The molecule has 2 unspecified atom stereocenters. The Morgan fingerprint density at radius 3 is 2.50 bits per heavy atom. The zero-order valence-electron chi connectivity index (χ0n) is 8.81. The van der Waals surface area contributed by atoms with Crippen molar-refractivity contribution in [3.05, 3.63) is 28.2 Å². The second-order valence-corrected chi connectivity index (χ2v) is 4.93. The summed E-state index contributed by atoms with van der Waals surface area (Å²) in [7, 11) is 0. The van der Waals surface area contributed by atoms with E-state index in [0.29, 0.717) is 19.6 Å². The van der Waals surface area contributed by atoms with Crippen LogP contribution in [0, 0.1) is 0 Å². The molecular formula is C11H15BrN2O2. The fourth-order valence-corrected chi connectivity index (χ4v) is 2.32. The molecule has 1 aromatic carbocycles. The molecule has 0 aromatic heterocycles. The van der Waals surface area contributed by atoms with Crippen molar-refractivity contribution in [3.63, 3.8) is 0 Å². The largest absolute Gasteiger partial charge is 0.389 e. The SMILES string of the molecule is NCc1ccc(Br)cc1N1CC(O)C(O)C1. The molecule has 1 aromatic rings. The molecule has 1 aliphatic rings. The highest BCUT2D eigenvalue weighted by atomic mass is 79.9. The Bertz CT molecular complexity index is 376. The summed E-state index contributed by atoms with van der Waals surface area (Å²) >= 11 is 3.41. The summed E-state index contributed by atoms with van der Waals surface area (Å²) in [5.74, 6) is 0. The molecule has 5 heteroatoms. The minimum Gasteiger partial charge on any atom is -0.389 e. The first-order valence-electron chi connectivity index (χ1n) is 5.21. The predicted octanol–water partition coefficient (Wildman–Crippen LogP) is 0.450. The number of halogens is 1. The van der Waals surface area contributed by atoms with E-state index in [1.54, 1.807) is 0 Å². The second-order valence-electron chi connectivity index (χ2n) is 4.02. The molecule has 0 saturated carbocycles. The van der Waals surface area contributed by atoms with Gasteiger partial charge in [-0.2, -0.15) is 0 Å². The number of hydrogen-bond acceptors (Lipinski definition) is 4. The Balaban J connectivity index is 2.29. The van der Waals surface area contributed by atoms with Gasteiger partial charge in [0.25, 0.3) is 0 Å². The highest BCUT2D eigenvalue weighted by molar-refractivity contribution is 9.10. The zero-order chi connectivity index (χ0) is 11.7. The lowest BCUT2D eigenvalue weighted by atomic mass is 10.1. The smallest absolute Gasteiger partial charge is 0.0990 e. The molecule has 0 radical (unpaired) electrons. The van der Waals surface area contributed by atoms with Gasteiger partial charge in [-0.15, -0.1) is 0 Å². The zero-order valence-corrected chi connectivity index (χ0v) is 10.4. The molecule has 0 amide bonds. The van der Waals surface area contributed by atoms with E-state index < -0.39 is 12.2 Å². The minimum atomic E-state index is -0.676. The molecule has 1 fully saturated rings. The van der Waals surface area contributed by atoms with Crippen molar-refractivity contribution in [1.82, 2.24) is 0 Å². The monoisotopic (exact) mass is 286 g/mol. The highest BCUT2D eigenvalue weighted by Gasteiger charge is 2.30. The summed E-state index contributed by atoms with van der Waals surface area (Å²) in [6.45, 7) is 1.35. The molecule has 1 heterocycles. The van der Waals surface area contributed by atoms with Crippen LogP contribution in [0.15, 0.2) is 22.7 Å². The fraction of sp³-hybridized carbons (Fsp3) is 0.455. The number of nitrogens with two attached hydrogens (primary N) is 1. The van der Waals surface area contributed by atoms with Crippen molar-refractivity contribution < 1.29 is 10.2 Å². The highest BCUT2D eigenvalue weighted by Crippen LogP contribution is 2.28. The quantitative estimate of drug-likeness (QED) is 0.738. The van der Waals surface area contributed by atoms with Gasteiger partial charge >= 0.3 is 0 Å². The summed E-state index contributed by atoms with van der Waals surface area (Å²) < 4.78 is 0.968. The Morgan fingerprint density at radius 2 is 1.94 bits per heavy atom. The number of rotatable bonds is 2. The van der Waals surface area contributed by atoms with Gasteiger partial charge in [-0.05, 0) is 17.7 Å². The Kier molecular flexibility index (Phi) is 3.49. The molecule has 0 bridgehead atoms. The Labute approximate surface area is 103 Å². The van der Waals surface area contributed by atoms with E-state index in [-0.39, 0.29) is 0 Å². The van der Waals surface area contributed by atoms with E-state index >= 15 is 0 Å². The summed E-state index contributed by atoms with van der Waals surface area (Å²) in [4.78, 5) is 1.96. The third-order valence-electron chi connectivity index (χ3n) is 2.87. The van der Waals surface area contributed by atoms with Crippen molar-refractivity contribution in [2.24, 2.45) is 5.73 Å². The number of anilines is 1. The molecular weight excluding hydrogens is 272 g/mol. The second kappa shape index (κ2) is 4.71. The lowest BCUT2D eigenvalue weighted by Gasteiger charge is -2.21. The number of β-amino-alcohol motifs (C(OH)–C–C–N with tert-alkyl or cyclic N) is 2. The van der Waals surface area contributed by atoms with Gasteiger partial charge in [0.2, 0.25) is 0 Å². The van der Waals surface area contributed by atoms with Crippen molar-refractivity contribution >= 4 is 21.6 Å². The summed E-state index contributed by atoms with van der Waals surface area (Å²) in [6.07, 6.45) is -1.35. The van der Waals surface area contributed by atoms with Crippen LogP contribution in [0.4, 0.5) is 5.69 Å². The maximum absolute atomic E-state index is 9.53. The third kappa shape index (κ3) is 2.22.